The number of rotatable bonds is 7. The lowest BCUT2D eigenvalue weighted by molar-refractivity contribution is -0.141. The minimum atomic E-state index is -1.12. The normalized spacial score (nSPS) is 11.5. The monoisotopic (exact) mass is 354 g/mol. The first-order valence-corrected chi connectivity index (χ1v) is 8.29. The van der Waals surface area contributed by atoms with E-state index in [2.05, 4.69) is 10.6 Å². The molecule has 0 aliphatic carbocycles. The number of benzene rings is 2. The predicted molar refractivity (Wildman–Crippen MR) is 98.0 cm³/mol. The SMILES string of the molecule is Cc1cccc(C)c1C[C@H](NC(=O)CNC(=O)c1ccccc1)C(=O)O. The maximum atomic E-state index is 12.1. The van der Waals surface area contributed by atoms with Gasteiger partial charge in [-0.25, -0.2) is 4.79 Å². The molecule has 2 aromatic rings. The summed E-state index contributed by atoms with van der Waals surface area (Å²) < 4.78 is 0. The third kappa shape index (κ3) is 5.17. The van der Waals surface area contributed by atoms with E-state index in [-0.39, 0.29) is 18.9 Å². The van der Waals surface area contributed by atoms with Crippen LogP contribution in [0.5, 0.6) is 0 Å². The third-order valence-corrected chi connectivity index (χ3v) is 4.13. The highest BCUT2D eigenvalue weighted by Gasteiger charge is 2.22. The Morgan fingerprint density at radius 1 is 0.962 bits per heavy atom. The van der Waals surface area contributed by atoms with Gasteiger partial charge in [0, 0.05) is 12.0 Å². The van der Waals surface area contributed by atoms with Gasteiger partial charge in [0.05, 0.1) is 6.54 Å². The maximum absolute atomic E-state index is 12.1. The first-order valence-electron chi connectivity index (χ1n) is 8.29. The zero-order valence-electron chi connectivity index (χ0n) is 14.8. The van der Waals surface area contributed by atoms with E-state index in [1.807, 2.05) is 32.0 Å². The Hall–Kier alpha value is -3.15. The van der Waals surface area contributed by atoms with E-state index in [0.29, 0.717) is 5.56 Å². The Morgan fingerprint density at radius 3 is 2.15 bits per heavy atom. The minimum absolute atomic E-state index is 0.187. The summed E-state index contributed by atoms with van der Waals surface area (Å²) in [6.45, 7) is 3.52. The molecule has 0 fully saturated rings. The highest BCUT2D eigenvalue weighted by Crippen LogP contribution is 2.15. The summed E-state index contributed by atoms with van der Waals surface area (Å²) in [5.41, 5.74) is 3.28. The number of amides is 2. The van der Waals surface area contributed by atoms with E-state index >= 15 is 0 Å². The third-order valence-electron chi connectivity index (χ3n) is 4.13. The van der Waals surface area contributed by atoms with Gasteiger partial charge in [0.25, 0.3) is 5.91 Å². The van der Waals surface area contributed by atoms with Crippen molar-refractivity contribution in [3.05, 3.63) is 70.8 Å². The zero-order chi connectivity index (χ0) is 19.1. The molecule has 0 bridgehead atoms. The van der Waals surface area contributed by atoms with Crippen molar-refractivity contribution < 1.29 is 19.5 Å². The van der Waals surface area contributed by atoms with Crippen molar-refractivity contribution in [3.8, 4) is 0 Å². The van der Waals surface area contributed by atoms with Crippen LogP contribution in [0.15, 0.2) is 48.5 Å². The lowest BCUT2D eigenvalue weighted by Crippen LogP contribution is -2.46. The maximum Gasteiger partial charge on any atom is 0.326 e. The van der Waals surface area contributed by atoms with E-state index in [0.717, 1.165) is 16.7 Å². The molecule has 0 aliphatic heterocycles. The number of carbonyl (C=O) groups excluding carboxylic acids is 2. The van der Waals surface area contributed by atoms with Gasteiger partial charge in [0.1, 0.15) is 6.04 Å². The molecule has 0 spiro atoms. The average Bonchev–Trinajstić information content (AvgIpc) is 2.62. The molecule has 3 N–H and O–H groups in total. The van der Waals surface area contributed by atoms with Gasteiger partial charge in [-0.2, -0.15) is 0 Å². The fourth-order valence-electron chi connectivity index (χ4n) is 2.67. The van der Waals surface area contributed by atoms with E-state index < -0.39 is 17.9 Å². The molecule has 0 aromatic heterocycles. The fourth-order valence-corrected chi connectivity index (χ4v) is 2.67. The van der Waals surface area contributed by atoms with Crippen LogP contribution in [-0.2, 0) is 16.0 Å². The molecule has 0 heterocycles. The molecule has 6 nitrogen and oxygen atoms in total. The molecule has 26 heavy (non-hydrogen) atoms. The number of carboxylic acid groups (broad SMARTS) is 1. The van der Waals surface area contributed by atoms with Crippen LogP contribution < -0.4 is 10.6 Å². The number of aryl methyl sites for hydroxylation is 2. The molecule has 0 saturated heterocycles. The first-order chi connectivity index (χ1) is 12.4. The van der Waals surface area contributed by atoms with Gasteiger partial charge in [0.15, 0.2) is 0 Å². The van der Waals surface area contributed by atoms with E-state index in [4.69, 9.17) is 0 Å². The van der Waals surface area contributed by atoms with E-state index in [1.54, 1.807) is 30.3 Å². The molecular formula is C20H22N2O4. The lowest BCUT2D eigenvalue weighted by Gasteiger charge is -2.17. The second kappa shape index (κ2) is 8.80. The molecular weight excluding hydrogens is 332 g/mol. The number of nitrogens with one attached hydrogen (secondary N) is 2. The number of carbonyl (C=O) groups is 3. The minimum Gasteiger partial charge on any atom is -0.480 e. The average molecular weight is 354 g/mol. The van der Waals surface area contributed by atoms with Gasteiger partial charge in [-0.1, -0.05) is 36.4 Å². The summed E-state index contributed by atoms with van der Waals surface area (Å²) in [5, 5.41) is 14.4. The van der Waals surface area contributed by atoms with E-state index in [9.17, 15) is 19.5 Å². The zero-order valence-corrected chi connectivity index (χ0v) is 14.8. The highest BCUT2D eigenvalue weighted by atomic mass is 16.4. The van der Waals surface area contributed by atoms with Crippen LogP contribution in [0, 0.1) is 13.8 Å². The second-order valence-corrected chi connectivity index (χ2v) is 6.08. The topological polar surface area (TPSA) is 95.5 Å². The van der Waals surface area contributed by atoms with Crippen molar-refractivity contribution >= 4 is 17.8 Å². The fraction of sp³-hybridized carbons (Fsp3) is 0.250. The number of aliphatic carboxylic acids is 1. The number of hydrogen-bond acceptors (Lipinski definition) is 3. The predicted octanol–water partition coefficient (Wildman–Crippen LogP) is 1.85. The summed E-state index contributed by atoms with van der Waals surface area (Å²) in [5.74, 6) is -2.05. The number of carboxylic acids is 1. The smallest absolute Gasteiger partial charge is 0.326 e. The van der Waals surface area contributed by atoms with Gasteiger partial charge < -0.3 is 15.7 Å². The Labute approximate surface area is 152 Å². The molecule has 1 atom stereocenters. The summed E-state index contributed by atoms with van der Waals surface area (Å²) in [7, 11) is 0. The van der Waals surface area contributed by atoms with Gasteiger partial charge in [-0.3, -0.25) is 9.59 Å². The van der Waals surface area contributed by atoms with Crippen molar-refractivity contribution in [2.45, 2.75) is 26.3 Å². The van der Waals surface area contributed by atoms with Gasteiger partial charge >= 0.3 is 5.97 Å². The quantitative estimate of drug-likeness (QED) is 0.707. The molecule has 0 radical (unpaired) electrons. The lowest BCUT2D eigenvalue weighted by atomic mass is 9.96. The Balaban J connectivity index is 1.96. The van der Waals surface area contributed by atoms with Crippen LogP contribution in [0.2, 0.25) is 0 Å². The molecule has 2 rings (SSSR count). The van der Waals surface area contributed by atoms with Crippen molar-refractivity contribution in [1.29, 1.82) is 0 Å². The summed E-state index contributed by atoms with van der Waals surface area (Å²) >= 11 is 0. The summed E-state index contributed by atoms with van der Waals surface area (Å²) in [6, 6.07) is 13.2. The molecule has 0 unspecified atom stereocenters. The molecule has 0 saturated carbocycles. The molecule has 2 amide bonds. The van der Waals surface area contributed by atoms with Crippen LogP contribution in [-0.4, -0.2) is 35.5 Å². The number of hydrogen-bond donors (Lipinski definition) is 3. The van der Waals surface area contributed by atoms with Crippen molar-refractivity contribution in [3.63, 3.8) is 0 Å². The van der Waals surface area contributed by atoms with E-state index in [1.165, 1.54) is 0 Å². The van der Waals surface area contributed by atoms with Crippen LogP contribution >= 0.6 is 0 Å². The van der Waals surface area contributed by atoms with Crippen LogP contribution in [0.1, 0.15) is 27.0 Å². The Bertz CT molecular complexity index is 782. The second-order valence-electron chi connectivity index (χ2n) is 6.08. The molecule has 0 aliphatic rings. The molecule has 136 valence electrons. The van der Waals surface area contributed by atoms with Gasteiger partial charge in [-0.05, 0) is 42.7 Å². The highest BCUT2D eigenvalue weighted by molar-refractivity contribution is 5.96. The van der Waals surface area contributed by atoms with Crippen molar-refractivity contribution in [2.75, 3.05) is 6.54 Å². The van der Waals surface area contributed by atoms with Crippen molar-refractivity contribution in [1.82, 2.24) is 10.6 Å². The van der Waals surface area contributed by atoms with Crippen LogP contribution in [0.25, 0.3) is 0 Å². The largest absolute Gasteiger partial charge is 0.480 e. The van der Waals surface area contributed by atoms with Gasteiger partial charge in [0.2, 0.25) is 5.91 Å². The molecule has 6 heteroatoms. The van der Waals surface area contributed by atoms with Crippen LogP contribution in [0.3, 0.4) is 0 Å². The summed E-state index contributed by atoms with van der Waals surface area (Å²) in [6.07, 6.45) is 0.187. The standard InChI is InChI=1S/C20H22N2O4/c1-13-7-6-8-14(2)16(13)11-17(20(25)26)22-18(23)12-21-19(24)15-9-4-3-5-10-15/h3-10,17H,11-12H2,1-2H3,(H,21,24)(H,22,23)(H,25,26)/t17-/m0/s1. The van der Waals surface area contributed by atoms with Crippen LogP contribution in [0.4, 0.5) is 0 Å². The van der Waals surface area contributed by atoms with Gasteiger partial charge in [-0.15, -0.1) is 0 Å². The summed E-state index contributed by atoms with van der Waals surface area (Å²) in [4.78, 5) is 35.5. The van der Waals surface area contributed by atoms with Crippen molar-refractivity contribution in [2.24, 2.45) is 0 Å². The Morgan fingerprint density at radius 2 is 1.58 bits per heavy atom. The Kier molecular flexibility index (Phi) is 6.49. The first kappa shape index (κ1) is 19.2. The molecule has 2 aromatic carbocycles.